The van der Waals surface area contributed by atoms with Crippen LogP contribution in [0.1, 0.15) is 37.8 Å². The van der Waals surface area contributed by atoms with Crippen LogP contribution in [0.4, 0.5) is 0 Å². The predicted molar refractivity (Wildman–Crippen MR) is 67.2 cm³/mol. The Morgan fingerprint density at radius 2 is 2.47 bits per heavy atom. The highest BCUT2D eigenvalue weighted by molar-refractivity contribution is 7.07. The van der Waals surface area contributed by atoms with E-state index in [1.165, 1.54) is 24.8 Å². The van der Waals surface area contributed by atoms with Gasteiger partial charge in [-0.05, 0) is 61.0 Å². The number of hydrogen-bond donors (Lipinski definition) is 1. The molecule has 0 aromatic carbocycles. The molecule has 1 aromatic heterocycles. The number of allylic oxidation sites excluding steroid dienone is 2. The largest absolute Gasteiger partial charge is 0.310 e. The zero-order valence-electron chi connectivity index (χ0n) is 9.28. The van der Waals surface area contributed by atoms with E-state index in [-0.39, 0.29) is 0 Å². The van der Waals surface area contributed by atoms with Gasteiger partial charge in [0.25, 0.3) is 0 Å². The van der Waals surface area contributed by atoms with E-state index in [0.717, 1.165) is 12.5 Å². The van der Waals surface area contributed by atoms with Crippen molar-refractivity contribution in [2.45, 2.75) is 32.2 Å². The maximum atomic E-state index is 3.63. The Morgan fingerprint density at radius 3 is 3.13 bits per heavy atom. The fraction of sp³-hybridized carbons (Fsp3) is 0.538. The Labute approximate surface area is 96.2 Å². The molecule has 0 fully saturated rings. The summed E-state index contributed by atoms with van der Waals surface area (Å²) in [5.41, 5.74) is 1.42. The fourth-order valence-corrected chi connectivity index (χ4v) is 2.78. The number of nitrogens with one attached hydrogen (secondary N) is 1. The van der Waals surface area contributed by atoms with Crippen molar-refractivity contribution in [3.8, 4) is 0 Å². The first-order valence-corrected chi connectivity index (χ1v) is 6.71. The Kier molecular flexibility index (Phi) is 3.98. The van der Waals surface area contributed by atoms with Gasteiger partial charge >= 0.3 is 0 Å². The van der Waals surface area contributed by atoms with Gasteiger partial charge in [-0.1, -0.05) is 12.2 Å². The molecular formula is C13H19NS. The second-order valence-electron chi connectivity index (χ2n) is 4.34. The summed E-state index contributed by atoms with van der Waals surface area (Å²) in [4.78, 5) is 0. The molecule has 0 aliphatic heterocycles. The standard InChI is InChI=1S/C13H19NS/c1-11(13-7-8-15-10-13)14-9-12-5-3-2-4-6-12/h2-3,7-8,10-12,14H,4-6,9H2,1H3. The third-order valence-electron chi connectivity index (χ3n) is 3.13. The molecule has 2 heteroatoms. The lowest BCUT2D eigenvalue weighted by molar-refractivity contribution is 0.416. The minimum absolute atomic E-state index is 0.502. The van der Waals surface area contributed by atoms with Crippen LogP contribution in [-0.2, 0) is 0 Å². The Hall–Kier alpha value is -0.600. The van der Waals surface area contributed by atoms with Gasteiger partial charge in [-0.2, -0.15) is 11.3 Å². The summed E-state index contributed by atoms with van der Waals surface area (Å²) in [6.45, 7) is 3.40. The van der Waals surface area contributed by atoms with Crippen LogP contribution < -0.4 is 5.32 Å². The van der Waals surface area contributed by atoms with E-state index in [0.29, 0.717) is 6.04 Å². The van der Waals surface area contributed by atoms with Crippen molar-refractivity contribution in [3.63, 3.8) is 0 Å². The first kappa shape index (κ1) is 10.9. The first-order chi connectivity index (χ1) is 7.36. The van der Waals surface area contributed by atoms with E-state index in [1.807, 2.05) is 0 Å². The predicted octanol–water partition coefficient (Wildman–Crippen LogP) is 3.76. The lowest BCUT2D eigenvalue weighted by Gasteiger charge is -2.21. The molecule has 1 aliphatic rings. The van der Waals surface area contributed by atoms with Crippen molar-refractivity contribution < 1.29 is 0 Å². The highest BCUT2D eigenvalue weighted by Gasteiger charge is 2.11. The molecule has 2 unspecified atom stereocenters. The molecule has 1 heterocycles. The van der Waals surface area contributed by atoms with E-state index < -0.39 is 0 Å². The van der Waals surface area contributed by atoms with Crippen LogP contribution in [0.25, 0.3) is 0 Å². The zero-order chi connectivity index (χ0) is 10.5. The average molecular weight is 221 g/mol. The second kappa shape index (κ2) is 5.47. The highest BCUT2D eigenvalue weighted by Crippen LogP contribution is 2.20. The van der Waals surface area contributed by atoms with Crippen LogP contribution in [0.2, 0.25) is 0 Å². The summed E-state index contributed by atoms with van der Waals surface area (Å²) in [5, 5.41) is 8.01. The summed E-state index contributed by atoms with van der Waals surface area (Å²) < 4.78 is 0. The van der Waals surface area contributed by atoms with E-state index in [4.69, 9.17) is 0 Å². The minimum atomic E-state index is 0.502. The molecule has 1 aromatic rings. The summed E-state index contributed by atoms with van der Waals surface area (Å²) in [5.74, 6) is 0.844. The third-order valence-corrected chi connectivity index (χ3v) is 3.84. The second-order valence-corrected chi connectivity index (χ2v) is 5.12. The Bertz CT molecular complexity index is 302. The van der Waals surface area contributed by atoms with E-state index in [9.17, 15) is 0 Å². The molecule has 0 saturated heterocycles. The molecule has 15 heavy (non-hydrogen) atoms. The van der Waals surface area contributed by atoms with Gasteiger partial charge in [0.2, 0.25) is 0 Å². The molecular weight excluding hydrogens is 202 g/mol. The van der Waals surface area contributed by atoms with Crippen molar-refractivity contribution >= 4 is 11.3 Å². The molecule has 1 nitrogen and oxygen atoms in total. The van der Waals surface area contributed by atoms with Crippen molar-refractivity contribution in [2.75, 3.05) is 6.54 Å². The van der Waals surface area contributed by atoms with E-state index in [1.54, 1.807) is 11.3 Å². The number of thiophene rings is 1. The minimum Gasteiger partial charge on any atom is -0.310 e. The fourth-order valence-electron chi connectivity index (χ4n) is 2.02. The van der Waals surface area contributed by atoms with Crippen LogP contribution in [-0.4, -0.2) is 6.54 Å². The average Bonchev–Trinajstić information content (AvgIpc) is 2.81. The monoisotopic (exact) mass is 221 g/mol. The van der Waals surface area contributed by atoms with E-state index in [2.05, 4.69) is 41.2 Å². The lowest BCUT2D eigenvalue weighted by atomic mass is 9.94. The van der Waals surface area contributed by atoms with Crippen LogP contribution >= 0.6 is 11.3 Å². The smallest absolute Gasteiger partial charge is 0.0300 e. The molecule has 0 spiro atoms. The summed E-state index contributed by atoms with van der Waals surface area (Å²) >= 11 is 1.78. The third kappa shape index (κ3) is 3.18. The molecule has 0 radical (unpaired) electrons. The first-order valence-electron chi connectivity index (χ1n) is 5.76. The van der Waals surface area contributed by atoms with Crippen molar-refractivity contribution in [2.24, 2.45) is 5.92 Å². The zero-order valence-corrected chi connectivity index (χ0v) is 10.1. The van der Waals surface area contributed by atoms with Crippen LogP contribution in [0, 0.1) is 5.92 Å². The number of hydrogen-bond acceptors (Lipinski definition) is 2. The summed E-state index contributed by atoms with van der Waals surface area (Å²) in [6, 6.07) is 2.71. The lowest BCUT2D eigenvalue weighted by Crippen LogP contribution is -2.26. The van der Waals surface area contributed by atoms with Gasteiger partial charge in [0.15, 0.2) is 0 Å². The van der Waals surface area contributed by atoms with Crippen LogP contribution in [0.5, 0.6) is 0 Å². The van der Waals surface area contributed by atoms with Gasteiger partial charge in [-0.25, -0.2) is 0 Å². The topological polar surface area (TPSA) is 12.0 Å². The van der Waals surface area contributed by atoms with Crippen LogP contribution in [0.15, 0.2) is 29.0 Å². The molecule has 0 amide bonds. The van der Waals surface area contributed by atoms with Crippen molar-refractivity contribution in [3.05, 3.63) is 34.5 Å². The SMILES string of the molecule is CC(NCC1CC=CCC1)c1ccsc1. The quantitative estimate of drug-likeness (QED) is 0.763. The maximum Gasteiger partial charge on any atom is 0.0300 e. The molecule has 0 saturated carbocycles. The molecule has 2 rings (SSSR count). The molecule has 0 bridgehead atoms. The van der Waals surface area contributed by atoms with Crippen molar-refractivity contribution in [1.82, 2.24) is 5.32 Å². The number of rotatable bonds is 4. The van der Waals surface area contributed by atoms with Gasteiger partial charge < -0.3 is 5.32 Å². The Morgan fingerprint density at radius 1 is 1.53 bits per heavy atom. The van der Waals surface area contributed by atoms with Crippen LogP contribution in [0.3, 0.4) is 0 Å². The van der Waals surface area contributed by atoms with Gasteiger partial charge in [0, 0.05) is 6.04 Å². The highest BCUT2D eigenvalue weighted by atomic mass is 32.1. The van der Waals surface area contributed by atoms with Gasteiger partial charge in [-0.15, -0.1) is 0 Å². The molecule has 2 atom stereocenters. The van der Waals surface area contributed by atoms with Gasteiger partial charge in [-0.3, -0.25) is 0 Å². The van der Waals surface area contributed by atoms with Crippen molar-refractivity contribution in [1.29, 1.82) is 0 Å². The normalized spacial score (nSPS) is 22.9. The molecule has 1 aliphatic carbocycles. The van der Waals surface area contributed by atoms with E-state index >= 15 is 0 Å². The summed E-state index contributed by atoms with van der Waals surface area (Å²) in [6.07, 6.45) is 8.49. The van der Waals surface area contributed by atoms with Gasteiger partial charge in [0.05, 0.1) is 0 Å². The van der Waals surface area contributed by atoms with Gasteiger partial charge in [0.1, 0.15) is 0 Å². The molecule has 1 N–H and O–H groups in total. The Balaban J connectivity index is 1.75. The maximum absolute atomic E-state index is 3.63. The summed E-state index contributed by atoms with van der Waals surface area (Å²) in [7, 11) is 0. The molecule has 82 valence electrons.